The van der Waals surface area contributed by atoms with Gasteiger partial charge in [-0.15, -0.1) is 0 Å². The van der Waals surface area contributed by atoms with E-state index < -0.39 is 5.92 Å². The molecule has 1 N–H and O–H groups in total. The van der Waals surface area contributed by atoms with Crippen LogP contribution in [0.5, 0.6) is 0 Å². The average molecular weight is 794 g/mol. The molecule has 0 amide bonds. The lowest BCUT2D eigenvalue weighted by atomic mass is 9.80. The van der Waals surface area contributed by atoms with Crippen LogP contribution < -0.4 is 14.5 Å². The van der Waals surface area contributed by atoms with E-state index in [-0.39, 0.29) is 11.9 Å². The van der Waals surface area contributed by atoms with Gasteiger partial charge < -0.3 is 14.8 Å². The van der Waals surface area contributed by atoms with Gasteiger partial charge in [0.25, 0.3) is 0 Å². The summed E-state index contributed by atoms with van der Waals surface area (Å²) in [6.07, 6.45) is 32.3. The number of aryl methyl sites for hydroxylation is 2. The van der Waals surface area contributed by atoms with Gasteiger partial charge in [-0.3, -0.25) is 0 Å². The Kier molecular flexibility index (Phi) is 22.0. The van der Waals surface area contributed by atoms with Crippen LogP contribution in [0.3, 0.4) is 0 Å². The first-order chi connectivity index (χ1) is 28.4. The minimum Gasteiger partial charge on any atom is -0.462 e. The number of esters is 2. The second-order valence-corrected chi connectivity index (χ2v) is 16.5. The molecule has 316 valence electrons. The molecule has 2 aromatic heterocycles. The number of carbonyl (C=O) groups excluding carboxylic acids is 2. The third-order valence-electron chi connectivity index (χ3n) is 11.4. The van der Waals surface area contributed by atoms with E-state index in [4.69, 9.17) is 9.47 Å². The van der Waals surface area contributed by atoms with E-state index in [2.05, 4.69) is 66.4 Å². The van der Waals surface area contributed by atoms with Crippen LogP contribution in [0, 0.1) is 13.8 Å². The van der Waals surface area contributed by atoms with E-state index in [9.17, 15) is 9.59 Å². The second-order valence-electron chi connectivity index (χ2n) is 16.5. The minimum absolute atomic E-state index is 0.347. The number of rotatable bonds is 29. The molecule has 7 nitrogen and oxygen atoms in total. The van der Waals surface area contributed by atoms with E-state index in [1.165, 1.54) is 89.9 Å². The van der Waals surface area contributed by atoms with Crippen molar-refractivity contribution < 1.29 is 28.2 Å². The van der Waals surface area contributed by atoms with E-state index >= 15 is 0 Å². The zero-order chi connectivity index (χ0) is 41.2. The average Bonchev–Trinajstić information content (AvgIpc) is 3.23. The summed E-state index contributed by atoms with van der Waals surface area (Å²) in [7, 11) is 0. The van der Waals surface area contributed by atoms with Gasteiger partial charge >= 0.3 is 11.9 Å². The molecule has 4 rings (SSSR count). The molecule has 0 radical (unpaired) electrons. The summed E-state index contributed by atoms with van der Waals surface area (Å²) in [6.45, 7) is 10.2. The zero-order valence-corrected chi connectivity index (χ0v) is 36.6. The van der Waals surface area contributed by atoms with Crippen molar-refractivity contribution in [2.75, 3.05) is 13.2 Å². The van der Waals surface area contributed by atoms with Crippen LogP contribution in [0.15, 0.2) is 102 Å². The van der Waals surface area contributed by atoms with Gasteiger partial charge in [0.15, 0.2) is 37.9 Å². The molecule has 58 heavy (non-hydrogen) atoms. The maximum Gasteiger partial charge on any atom is 0.337 e. The van der Waals surface area contributed by atoms with Gasteiger partial charge in [-0.05, 0) is 43.4 Å². The fraction of sp³-hybridized carbons (Fsp3) is 0.569. The summed E-state index contributed by atoms with van der Waals surface area (Å²) in [5, 5.41) is 3.64. The van der Waals surface area contributed by atoms with Gasteiger partial charge in [0.1, 0.15) is 0 Å². The molecule has 0 saturated heterocycles. The number of unbranched alkanes of at least 4 members (excludes halogenated alkanes) is 18. The number of carbonyl (C=O) groups is 2. The van der Waals surface area contributed by atoms with E-state index in [0.717, 1.165) is 66.6 Å². The van der Waals surface area contributed by atoms with Crippen LogP contribution >= 0.6 is 0 Å². The Bertz CT molecular complexity index is 1580. The minimum atomic E-state index is -0.662. The fourth-order valence-electron chi connectivity index (χ4n) is 7.82. The number of hydrogen-bond acceptors (Lipinski definition) is 5. The molecule has 1 aliphatic heterocycles. The number of hydrogen-bond donors (Lipinski definition) is 1. The Morgan fingerprint density at radius 2 is 0.845 bits per heavy atom. The van der Waals surface area contributed by atoms with Crippen molar-refractivity contribution in [1.82, 2.24) is 5.32 Å². The van der Waals surface area contributed by atoms with Gasteiger partial charge in [-0.1, -0.05) is 160 Å². The number of dihydropyridines is 1. The predicted molar refractivity (Wildman–Crippen MR) is 235 cm³/mol. The van der Waals surface area contributed by atoms with Crippen molar-refractivity contribution in [2.24, 2.45) is 0 Å². The standard InChI is InChI=1S/C51H74N3O4/c1-5-7-9-11-13-15-17-19-21-26-38-57-50(55)48-45(40-53-34-30-42(3)31-35-53)52-46(41-54-36-32-43(4)33-37-54)49(47(48)44-28-24-23-25-29-44)51(56)58-39-27-22-20-18-16-14-12-10-8-6-2/h23-25,28-37,47H,5-22,26-27,38-41H2,1-4H3/q+1/p+1. The summed E-state index contributed by atoms with van der Waals surface area (Å²) >= 11 is 0. The number of pyridine rings is 2. The molecule has 0 atom stereocenters. The molecule has 3 heterocycles. The highest BCUT2D eigenvalue weighted by Gasteiger charge is 2.41. The smallest absolute Gasteiger partial charge is 0.337 e. The molecule has 0 saturated carbocycles. The van der Waals surface area contributed by atoms with Crippen LogP contribution in [0.4, 0.5) is 0 Å². The topological polar surface area (TPSA) is 72.4 Å². The maximum absolute atomic E-state index is 14.5. The predicted octanol–water partition coefficient (Wildman–Crippen LogP) is 11.4. The number of allylic oxidation sites excluding steroid dienone is 2. The quantitative estimate of drug-likeness (QED) is 0.0430. The van der Waals surface area contributed by atoms with Crippen molar-refractivity contribution in [3.05, 3.63) is 119 Å². The summed E-state index contributed by atoms with van der Waals surface area (Å²) < 4.78 is 16.4. The molecule has 0 aliphatic carbocycles. The van der Waals surface area contributed by atoms with Gasteiger partial charge in [0.2, 0.25) is 0 Å². The Labute approximate surface area is 351 Å². The van der Waals surface area contributed by atoms with Gasteiger partial charge in [-0.2, -0.15) is 9.13 Å². The maximum atomic E-state index is 14.5. The molecule has 1 aliphatic rings. The first-order valence-electron chi connectivity index (χ1n) is 22.9. The molecule has 3 aromatic rings. The lowest BCUT2D eigenvalue weighted by Gasteiger charge is -2.31. The van der Waals surface area contributed by atoms with E-state index in [0.29, 0.717) is 37.4 Å². The Balaban J connectivity index is 1.56. The van der Waals surface area contributed by atoms with Crippen molar-refractivity contribution in [2.45, 2.75) is 175 Å². The molecule has 7 heteroatoms. The summed E-state index contributed by atoms with van der Waals surface area (Å²) in [5.41, 5.74) is 5.56. The SMILES string of the molecule is CCCCCCCCCCCCOC(=O)C1=C(C[n+]2ccc(C)cc2)NC(C[n+]2ccc(C)cc2)=C(C(=O)OCCCCCCCCCCCC)C1c1ccccc1. The third kappa shape index (κ3) is 16.5. The summed E-state index contributed by atoms with van der Waals surface area (Å²) in [5.74, 6) is -1.44. The Morgan fingerprint density at radius 3 is 1.21 bits per heavy atom. The summed E-state index contributed by atoms with van der Waals surface area (Å²) in [4.78, 5) is 29.0. The number of aromatic nitrogens is 2. The summed E-state index contributed by atoms with van der Waals surface area (Å²) in [6, 6.07) is 18.2. The Hall–Kier alpha value is -4.26. The second kappa shape index (κ2) is 27.4. The number of nitrogens with one attached hydrogen (secondary N) is 1. The molecule has 0 bridgehead atoms. The van der Waals surface area contributed by atoms with Crippen molar-refractivity contribution in [1.29, 1.82) is 0 Å². The molecular formula is C51H75N3O4+2. The van der Waals surface area contributed by atoms with E-state index in [1.54, 1.807) is 0 Å². The zero-order valence-electron chi connectivity index (χ0n) is 36.6. The first-order valence-corrected chi connectivity index (χ1v) is 22.9. The molecule has 0 fully saturated rings. The Morgan fingerprint density at radius 1 is 0.500 bits per heavy atom. The van der Waals surface area contributed by atoms with Crippen molar-refractivity contribution in [3.63, 3.8) is 0 Å². The largest absolute Gasteiger partial charge is 0.462 e. The van der Waals surface area contributed by atoms with Gasteiger partial charge in [0, 0.05) is 24.3 Å². The monoisotopic (exact) mass is 794 g/mol. The highest BCUT2D eigenvalue weighted by atomic mass is 16.5. The first kappa shape index (κ1) is 46.4. The number of nitrogens with zero attached hydrogens (tertiary/aromatic N) is 2. The third-order valence-corrected chi connectivity index (χ3v) is 11.4. The van der Waals surface area contributed by atoms with Gasteiger partial charge in [-0.25, -0.2) is 9.59 Å². The van der Waals surface area contributed by atoms with E-state index in [1.807, 2.05) is 55.1 Å². The molecular weight excluding hydrogens is 719 g/mol. The molecule has 0 spiro atoms. The van der Waals surface area contributed by atoms with Crippen molar-refractivity contribution in [3.8, 4) is 0 Å². The van der Waals surface area contributed by atoms with Crippen molar-refractivity contribution >= 4 is 11.9 Å². The van der Waals surface area contributed by atoms with Crippen LogP contribution in [0.1, 0.15) is 165 Å². The van der Waals surface area contributed by atoms with Gasteiger partial charge in [0.05, 0.1) is 41.7 Å². The van der Waals surface area contributed by atoms with Crippen LogP contribution in [0.2, 0.25) is 0 Å². The molecule has 0 unspecified atom stereocenters. The highest BCUT2D eigenvalue weighted by molar-refractivity contribution is 6.00. The normalized spacial score (nSPS) is 13.2. The number of ether oxygens (including phenoxy) is 2. The van der Waals surface area contributed by atoms with Crippen LogP contribution in [0.25, 0.3) is 0 Å². The lowest BCUT2D eigenvalue weighted by molar-refractivity contribution is -0.692. The molecule has 1 aromatic carbocycles. The van der Waals surface area contributed by atoms with Crippen LogP contribution in [-0.2, 0) is 32.2 Å². The lowest BCUT2D eigenvalue weighted by Crippen LogP contribution is -2.45. The fourth-order valence-corrected chi connectivity index (χ4v) is 7.82. The van der Waals surface area contributed by atoms with Crippen LogP contribution in [-0.4, -0.2) is 25.2 Å². The highest BCUT2D eigenvalue weighted by Crippen LogP contribution is 2.40. The number of benzene rings is 1.